The van der Waals surface area contributed by atoms with Crippen LogP contribution in [0, 0.1) is 0 Å². The monoisotopic (exact) mass is 212 g/mol. The fraction of sp³-hybridized carbons (Fsp3) is 0.500. The Morgan fingerprint density at radius 1 is 1.46 bits per heavy atom. The fourth-order valence-corrected chi connectivity index (χ4v) is 1.28. The summed E-state index contributed by atoms with van der Waals surface area (Å²) < 4.78 is 36.3. The second-order valence-electron chi connectivity index (χ2n) is 2.32. The van der Waals surface area contributed by atoms with Crippen LogP contribution in [-0.2, 0) is 4.79 Å². The van der Waals surface area contributed by atoms with Gasteiger partial charge in [-0.3, -0.25) is 4.79 Å². The molecule has 0 bridgehead atoms. The standard InChI is InChI=1S/C6H7F3N2OS/c1-13-5-10-3(6(7,8)9)2-4(12)11-5/h2,5,10H,1H3,(H,11,12). The van der Waals surface area contributed by atoms with Crippen molar-refractivity contribution >= 4 is 17.7 Å². The molecule has 0 saturated carbocycles. The van der Waals surface area contributed by atoms with Crippen LogP contribution in [0.1, 0.15) is 0 Å². The zero-order valence-electron chi connectivity index (χ0n) is 6.61. The summed E-state index contributed by atoms with van der Waals surface area (Å²) in [5, 5.41) is 4.45. The van der Waals surface area contributed by atoms with Crippen molar-refractivity contribution < 1.29 is 18.0 Å². The highest BCUT2D eigenvalue weighted by atomic mass is 32.2. The summed E-state index contributed by atoms with van der Waals surface area (Å²) >= 11 is 1.09. The lowest BCUT2D eigenvalue weighted by Gasteiger charge is -2.25. The van der Waals surface area contributed by atoms with Crippen LogP contribution >= 0.6 is 11.8 Å². The number of amides is 1. The van der Waals surface area contributed by atoms with Crippen LogP contribution in [0.3, 0.4) is 0 Å². The van der Waals surface area contributed by atoms with E-state index >= 15 is 0 Å². The molecule has 0 aromatic carbocycles. The van der Waals surface area contributed by atoms with Gasteiger partial charge >= 0.3 is 6.18 Å². The van der Waals surface area contributed by atoms with Crippen LogP contribution in [0.4, 0.5) is 13.2 Å². The summed E-state index contributed by atoms with van der Waals surface area (Å²) in [6.45, 7) is 0. The lowest BCUT2D eigenvalue weighted by Crippen LogP contribution is -2.49. The molecule has 1 rings (SSSR count). The van der Waals surface area contributed by atoms with Gasteiger partial charge in [0.1, 0.15) is 11.2 Å². The normalized spacial score (nSPS) is 23.2. The fourth-order valence-electron chi connectivity index (χ4n) is 0.802. The average Bonchev–Trinajstić information content (AvgIpc) is 2.01. The molecule has 13 heavy (non-hydrogen) atoms. The molecular weight excluding hydrogens is 205 g/mol. The molecule has 0 aromatic heterocycles. The van der Waals surface area contributed by atoms with E-state index in [1.807, 2.05) is 0 Å². The molecular formula is C6H7F3N2OS. The highest BCUT2D eigenvalue weighted by Crippen LogP contribution is 2.25. The highest BCUT2D eigenvalue weighted by Gasteiger charge is 2.37. The number of hydrogen-bond donors (Lipinski definition) is 2. The van der Waals surface area contributed by atoms with Gasteiger partial charge in [-0.15, -0.1) is 11.8 Å². The van der Waals surface area contributed by atoms with Crippen molar-refractivity contribution in [3.05, 3.63) is 11.8 Å². The molecule has 0 aromatic rings. The smallest absolute Gasteiger partial charge is 0.353 e. The van der Waals surface area contributed by atoms with E-state index in [4.69, 9.17) is 0 Å². The van der Waals surface area contributed by atoms with Gasteiger partial charge in [-0.1, -0.05) is 0 Å². The van der Waals surface area contributed by atoms with Gasteiger partial charge in [-0.2, -0.15) is 13.2 Å². The Morgan fingerprint density at radius 2 is 2.08 bits per heavy atom. The van der Waals surface area contributed by atoms with Gasteiger partial charge in [0.25, 0.3) is 0 Å². The number of nitrogens with one attached hydrogen (secondary N) is 2. The summed E-state index contributed by atoms with van der Waals surface area (Å²) in [7, 11) is 0. The maximum Gasteiger partial charge on any atom is 0.431 e. The number of thioether (sulfide) groups is 1. The summed E-state index contributed by atoms with van der Waals surface area (Å²) in [4.78, 5) is 10.7. The first kappa shape index (κ1) is 10.2. The molecule has 0 saturated heterocycles. The second-order valence-corrected chi connectivity index (χ2v) is 3.27. The molecule has 74 valence electrons. The number of alkyl halides is 3. The van der Waals surface area contributed by atoms with Crippen LogP contribution in [0.15, 0.2) is 11.8 Å². The molecule has 2 N–H and O–H groups in total. The van der Waals surface area contributed by atoms with Crippen molar-refractivity contribution in [3.8, 4) is 0 Å². The molecule has 7 heteroatoms. The molecule has 1 heterocycles. The number of carbonyl (C=O) groups excluding carboxylic acids is 1. The number of allylic oxidation sites excluding steroid dienone is 1. The minimum Gasteiger partial charge on any atom is -0.353 e. The third-order valence-corrected chi connectivity index (χ3v) is 2.08. The zero-order valence-corrected chi connectivity index (χ0v) is 7.42. The van der Waals surface area contributed by atoms with E-state index < -0.39 is 23.3 Å². The highest BCUT2D eigenvalue weighted by molar-refractivity contribution is 7.99. The van der Waals surface area contributed by atoms with Crippen molar-refractivity contribution in [2.24, 2.45) is 0 Å². The average molecular weight is 212 g/mol. The predicted octanol–water partition coefficient (Wildman–Crippen LogP) is 0.799. The van der Waals surface area contributed by atoms with Crippen molar-refractivity contribution in [3.63, 3.8) is 0 Å². The molecule has 0 fully saturated rings. The second kappa shape index (κ2) is 3.49. The van der Waals surface area contributed by atoms with E-state index in [9.17, 15) is 18.0 Å². The first-order chi connectivity index (χ1) is 5.93. The molecule has 1 aliphatic rings. The lowest BCUT2D eigenvalue weighted by molar-refractivity contribution is -0.121. The number of carbonyl (C=O) groups is 1. The molecule has 0 radical (unpaired) electrons. The van der Waals surface area contributed by atoms with E-state index in [-0.39, 0.29) is 0 Å². The quantitative estimate of drug-likeness (QED) is 0.675. The van der Waals surface area contributed by atoms with Crippen molar-refractivity contribution in [1.29, 1.82) is 0 Å². The first-order valence-corrected chi connectivity index (χ1v) is 4.61. The van der Waals surface area contributed by atoms with E-state index in [2.05, 4.69) is 10.6 Å². The van der Waals surface area contributed by atoms with Crippen molar-refractivity contribution in [2.75, 3.05) is 6.26 Å². The van der Waals surface area contributed by atoms with Gasteiger partial charge in [0, 0.05) is 6.08 Å². The lowest BCUT2D eigenvalue weighted by atomic mass is 10.3. The van der Waals surface area contributed by atoms with Gasteiger partial charge in [0.05, 0.1) is 0 Å². The number of hydrogen-bond acceptors (Lipinski definition) is 3. The summed E-state index contributed by atoms with van der Waals surface area (Å²) in [6, 6.07) is 0. The molecule has 0 aliphatic carbocycles. The van der Waals surface area contributed by atoms with Gasteiger partial charge in [0.15, 0.2) is 0 Å². The molecule has 1 aliphatic heterocycles. The van der Waals surface area contributed by atoms with Crippen LogP contribution in [0.25, 0.3) is 0 Å². The van der Waals surface area contributed by atoms with Crippen LogP contribution in [0.2, 0.25) is 0 Å². The molecule has 1 unspecified atom stereocenters. The zero-order chi connectivity index (χ0) is 10.1. The van der Waals surface area contributed by atoms with E-state index in [1.54, 1.807) is 6.26 Å². The van der Waals surface area contributed by atoms with Gasteiger partial charge < -0.3 is 10.6 Å². The third kappa shape index (κ3) is 2.55. The van der Waals surface area contributed by atoms with Crippen LogP contribution in [0.5, 0.6) is 0 Å². The Bertz CT molecular complexity index is 251. The van der Waals surface area contributed by atoms with Gasteiger partial charge in [0.2, 0.25) is 5.91 Å². The third-order valence-electron chi connectivity index (χ3n) is 1.38. The number of rotatable bonds is 1. The van der Waals surface area contributed by atoms with Crippen LogP contribution < -0.4 is 10.6 Å². The molecule has 1 amide bonds. The number of halogens is 3. The van der Waals surface area contributed by atoms with Crippen molar-refractivity contribution in [2.45, 2.75) is 11.7 Å². The Labute approximate surface area is 76.7 Å². The van der Waals surface area contributed by atoms with E-state index in [0.29, 0.717) is 6.08 Å². The van der Waals surface area contributed by atoms with Crippen LogP contribution in [-0.4, -0.2) is 23.8 Å². The Kier molecular flexibility index (Phi) is 2.74. The Balaban J connectivity index is 2.81. The molecule has 1 atom stereocenters. The van der Waals surface area contributed by atoms with Gasteiger partial charge in [-0.05, 0) is 6.26 Å². The Hall–Kier alpha value is -0.850. The SMILES string of the molecule is CSC1NC(=O)C=C(C(F)(F)F)N1. The first-order valence-electron chi connectivity index (χ1n) is 3.32. The molecule has 0 spiro atoms. The largest absolute Gasteiger partial charge is 0.431 e. The maximum atomic E-state index is 12.1. The van der Waals surface area contributed by atoms with Crippen molar-refractivity contribution in [1.82, 2.24) is 10.6 Å². The predicted molar refractivity (Wildman–Crippen MR) is 42.7 cm³/mol. The van der Waals surface area contributed by atoms with E-state index in [0.717, 1.165) is 11.8 Å². The maximum absolute atomic E-state index is 12.1. The Morgan fingerprint density at radius 3 is 2.54 bits per heavy atom. The van der Waals surface area contributed by atoms with E-state index in [1.165, 1.54) is 0 Å². The molecule has 3 nitrogen and oxygen atoms in total. The summed E-state index contributed by atoms with van der Waals surface area (Å²) in [6.07, 6.45) is -2.39. The minimum atomic E-state index is -4.49. The topological polar surface area (TPSA) is 41.1 Å². The summed E-state index contributed by atoms with van der Waals surface area (Å²) in [5.41, 5.74) is -1.72. The minimum absolute atomic E-state index is 0.507. The summed E-state index contributed by atoms with van der Waals surface area (Å²) in [5.74, 6) is -0.731. The van der Waals surface area contributed by atoms with Gasteiger partial charge in [-0.25, -0.2) is 0 Å².